The Morgan fingerprint density at radius 1 is 1.15 bits per heavy atom. The van der Waals surface area contributed by atoms with Crippen molar-refractivity contribution in [2.24, 2.45) is 17.8 Å². The molecule has 0 unspecified atom stereocenters. The van der Waals surface area contributed by atoms with E-state index < -0.39 is 29.4 Å². The Morgan fingerprint density at radius 3 is 2.67 bits per heavy atom. The van der Waals surface area contributed by atoms with Gasteiger partial charge in [0.05, 0.1) is 36.8 Å². The highest BCUT2D eigenvalue weighted by Gasteiger charge is 2.62. The highest BCUT2D eigenvalue weighted by molar-refractivity contribution is 7.13. The summed E-state index contributed by atoms with van der Waals surface area (Å²) in [4.78, 5) is 52.8. The lowest BCUT2D eigenvalue weighted by Crippen LogP contribution is -2.50. The predicted molar refractivity (Wildman–Crippen MR) is 185 cm³/mol. The van der Waals surface area contributed by atoms with Gasteiger partial charge in [0.25, 0.3) is 0 Å². The number of aromatic nitrogens is 2. The number of allylic oxidation sites excluding steroid dienone is 1. The number of carbonyl (C=O) groups excluding carboxylic acids is 3. The lowest BCUT2D eigenvalue weighted by atomic mass is 9.93. The molecule has 0 radical (unpaired) electrons. The zero-order valence-electron chi connectivity index (χ0n) is 28.7. The van der Waals surface area contributed by atoms with E-state index in [9.17, 15) is 14.4 Å². The van der Waals surface area contributed by atoms with Crippen molar-refractivity contribution in [2.75, 3.05) is 27.3 Å². The van der Waals surface area contributed by atoms with E-state index in [1.54, 1.807) is 30.3 Å². The average molecular weight is 675 g/mol. The second kappa shape index (κ2) is 13.9. The summed E-state index contributed by atoms with van der Waals surface area (Å²) in [5.41, 5.74) is 2.23. The molecule has 256 valence electrons. The van der Waals surface area contributed by atoms with Gasteiger partial charge in [0.15, 0.2) is 0 Å². The van der Waals surface area contributed by atoms with Crippen molar-refractivity contribution in [2.45, 2.75) is 83.8 Å². The molecule has 2 saturated carbocycles. The van der Waals surface area contributed by atoms with Gasteiger partial charge in [-0.1, -0.05) is 26.0 Å². The minimum Gasteiger partial charge on any atom is -0.496 e. The number of fused-ring (bicyclic) bond motifs is 3. The molecule has 3 heterocycles. The van der Waals surface area contributed by atoms with Gasteiger partial charge in [-0.15, -0.1) is 11.3 Å². The van der Waals surface area contributed by atoms with Crippen LogP contribution in [0.4, 0.5) is 0 Å². The maximum Gasteiger partial charge on any atom is 0.332 e. The zero-order chi connectivity index (χ0) is 34.2. The minimum absolute atomic E-state index is 0.0729. The van der Waals surface area contributed by atoms with E-state index in [-0.39, 0.29) is 30.3 Å². The van der Waals surface area contributed by atoms with Gasteiger partial charge in [0, 0.05) is 41.9 Å². The Bertz CT molecular complexity index is 1740. The monoisotopic (exact) mass is 674 g/mol. The van der Waals surface area contributed by atoms with Gasteiger partial charge in [-0.2, -0.15) is 0 Å². The summed E-state index contributed by atoms with van der Waals surface area (Å²) in [6, 6.07) is 5.76. The Labute approximate surface area is 286 Å². The normalized spacial score (nSPS) is 26.8. The maximum atomic E-state index is 14.1. The lowest BCUT2D eigenvalue weighted by molar-refractivity contribution is -0.150. The largest absolute Gasteiger partial charge is 0.496 e. The number of thiazole rings is 1. The van der Waals surface area contributed by atoms with E-state index >= 15 is 0 Å². The molecule has 6 rings (SSSR count). The summed E-state index contributed by atoms with van der Waals surface area (Å²) in [6.45, 7) is 8.80. The molecule has 0 saturated heterocycles. The predicted octanol–water partition coefficient (Wildman–Crippen LogP) is 6.21. The van der Waals surface area contributed by atoms with Crippen LogP contribution < -0.4 is 14.8 Å². The Balaban J connectivity index is 1.34. The van der Waals surface area contributed by atoms with E-state index in [0.717, 1.165) is 52.2 Å². The fourth-order valence-electron chi connectivity index (χ4n) is 7.09. The third kappa shape index (κ3) is 6.53. The summed E-state index contributed by atoms with van der Waals surface area (Å²) in [7, 11) is 3.45. The molecule has 2 amide bonds. The summed E-state index contributed by atoms with van der Waals surface area (Å²) < 4.78 is 17.8. The number of ether oxygens (including phenoxy) is 3. The van der Waals surface area contributed by atoms with E-state index in [4.69, 9.17) is 24.2 Å². The molecule has 11 heteroatoms. The van der Waals surface area contributed by atoms with Crippen LogP contribution in [0.2, 0.25) is 0 Å². The van der Waals surface area contributed by atoms with Crippen LogP contribution in [0.15, 0.2) is 35.7 Å². The molecule has 2 fully saturated rings. The number of nitrogens with one attached hydrogen (secondary N) is 1. The first-order valence-electron chi connectivity index (χ1n) is 17.1. The number of pyridine rings is 1. The van der Waals surface area contributed by atoms with Crippen molar-refractivity contribution in [3.8, 4) is 22.2 Å². The number of hydrogen-bond acceptors (Lipinski definition) is 9. The maximum absolute atomic E-state index is 14.1. The molecule has 48 heavy (non-hydrogen) atoms. The molecule has 10 nitrogen and oxygen atoms in total. The number of aryl methyl sites for hydroxylation is 1. The van der Waals surface area contributed by atoms with Crippen molar-refractivity contribution >= 4 is 40.0 Å². The standard InChI is InChI=1S/C37H46N4O6S/c1-7-46-36(44)37-19-23(37)12-10-8-9-11-15-41(5)35(43)27-17-24(16-26(27)33(42)40-37)47-31-18-28(34-39-29(20-48-34)21(2)3)38-32-22(4)30(45-6)14-13-25(31)32/h10,12-14,18,20-21,23-24,26-27H,7-9,11,15-17,19H2,1-6H3,(H,40,42)/b12-10-/t23-,24-,26-,27-,37+/m1/s1. The molecule has 0 bridgehead atoms. The van der Waals surface area contributed by atoms with Crippen LogP contribution in [0, 0.1) is 24.7 Å². The molecular weight excluding hydrogens is 628 g/mol. The van der Waals surface area contributed by atoms with Gasteiger partial charge in [-0.25, -0.2) is 14.8 Å². The van der Waals surface area contributed by atoms with E-state index in [2.05, 4.69) is 30.6 Å². The number of esters is 1. The first-order valence-corrected chi connectivity index (χ1v) is 18.0. The third-order valence-electron chi connectivity index (χ3n) is 10.0. The number of hydrogen-bond donors (Lipinski definition) is 1. The number of nitrogens with zero attached hydrogens (tertiary/aromatic N) is 3. The molecule has 1 aliphatic heterocycles. The molecule has 0 spiro atoms. The second-order valence-electron chi connectivity index (χ2n) is 13.6. The highest BCUT2D eigenvalue weighted by Crippen LogP contribution is 2.47. The molecule has 2 aliphatic carbocycles. The van der Waals surface area contributed by atoms with Gasteiger partial charge in [-0.3, -0.25) is 9.59 Å². The van der Waals surface area contributed by atoms with Crippen LogP contribution in [-0.4, -0.2) is 71.6 Å². The molecule has 1 aromatic carbocycles. The molecule has 3 aromatic rings. The van der Waals surface area contributed by atoms with Crippen LogP contribution in [-0.2, 0) is 19.1 Å². The highest BCUT2D eigenvalue weighted by atomic mass is 32.1. The molecule has 3 aliphatic rings. The Morgan fingerprint density at radius 2 is 1.94 bits per heavy atom. The fourth-order valence-corrected chi connectivity index (χ4v) is 8.03. The minimum atomic E-state index is -1.10. The summed E-state index contributed by atoms with van der Waals surface area (Å²) in [5, 5.41) is 6.73. The number of methoxy groups -OCH3 is 1. The van der Waals surface area contributed by atoms with Gasteiger partial charge < -0.3 is 24.4 Å². The van der Waals surface area contributed by atoms with Crippen molar-refractivity contribution in [1.82, 2.24) is 20.2 Å². The van der Waals surface area contributed by atoms with Crippen molar-refractivity contribution in [3.05, 3.63) is 47.0 Å². The quantitative estimate of drug-likeness (QED) is 0.232. The van der Waals surface area contributed by atoms with Gasteiger partial charge in [-0.05, 0) is 70.4 Å². The Hall–Kier alpha value is -3.99. The first kappa shape index (κ1) is 33.9. The number of carbonyl (C=O) groups is 3. The van der Waals surface area contributed by atoms with E-state index in [1.165, 1.54) is 0 Å². The van der Waals surface area contributed by atoms with Crippen molar-refractivity contribution in [1.29, 1.82) is 0 Å². The Kier molecular flexibility index (Phi) is 9.79. The summed E-state index contributed by atoms with van der Waals surface area (Å²) in [5.74, 6) is -0.551. The SMILES string of the molecule is CCOC(=O)[C@]12C[C@H]1/C=C\CCCCN(C)C(=O)[C@@H]1C[C@H](Oc3cc(-c4nc(C(C)C)cs4)nc4c(C)c(OC)ccc34)C[C@H]1C(=O)N2. The fraction of sp³-hybridized carbons (Fsp3) is 0.541. The first-order chi connectivity index (χ1) is 23.1. The van der Waals surface area contributed by atoms with Crippen LogP contribution in [0.5, 0.6) is 11.5 Å². The summed E-state index contributed by atoms with van der Waals surface area (Å²) >= 11 is 1.54. The smallest absolute Gasteiger partial charge is 0.332 e. The lowest BCUT2D eigenvalue weighted by Gasteiger charge is -2.26. The van der Waals surface area contributed by atoms with Crippen molar-refractivity contribution in [3.63, 3.8) is 0 Å². The average Bonchev–Trinajstić information content (AvgIpc) is 3.37. The van der Waals surface area contributed by atoms with Crippen molar-refractivity contribution < 1.29 is 28.6 Å². The number of benzene rings is 1. The number of rotatable bonds is 7. The van der Waals surface area contributed by atoms with E-state index in [0.29, 0.717) is 37.3 Å². The van der Waals surface area contributed by atoms with Crippen LogP contribution in [0.3, 0.4) is 0 Å². The second-order valence-corrected chi connectivity index (χ2v) is 14.5. The molecular formula is C37H46N4O6S. The summed E-state index contributed by atoms with van der Waals surface area (Å²) in [6.07, 6.45) is 7.52. The third-order valence-corrected chi connectivity index (χ3v) is 10.9. The van der Waals surface area contributed by atoms with E-state index in [1.807, 2.05) is 38.2 Å². The zero-order valence-corrected chi connectivity index (χ0v) is 29.5. The van der Waals surface area contributed by atoms with Gasteiger partial charge >= 0.3 is 5.97 Å². The van der Waals surface area contributed by atoms with Crippen LogP contribution in [0.25, 0.3) is 21.6 Å². The van der Waals surface area contributed by atoms with Crippen LogP contribution in [0.1, 0.15) is 76.5 Å². The molecule has 2 aromatic heterocycles. The van der Waals surface area contributed by atoms with Gasteiger partial charge in [0.1, 0.15) is 33.8 Å². The molecule has 5 atom stereocenters. The van der Waals surface area contributed by atoms with Gasteiger partial charge in [0.2, 0.25) is 11.8 Å². The molecule has 1 N–H and O–H groups in total. The number of amides is 2. The topological polar surface area (TPSA) is 120 Å². The van der Waals surface area contributed by atoms with Crippen LogP contribution >= 0.6 is 11.3 Å².